The number of hydrogen-bond donors (Lipinski definition) is 2. The van der Waals surface area contributed by atoms with Crippen molar-refractivity contribution < 1.29 is 14.7 Å². The Kier molecular flexibility index (Phi) is 8.70. The van der Waals surface area contributed by atoms with E-state index in [1.54, 1.807) is 6.20 Å². The fraction of sp³-hybridized carbons (Fsp3) is 0.500. The minimum atomic E-state index is -1.01. The standard InChI is InChI=1S/C22H30ClN3O3/c1-4-6-11-19-24-13-17(26(19)14-16-9-7-8-10-18(16)23)12-20(27)25-21(22(28)29)15(3)5-2/h7-10,13,15,21H,4-6,11-12,14H2,1-3H3,(H,25,27)(H,28,29)/t15?,21-/m0/s1. The molecule has 2 rings (SSSR count). The van der Waals surface area contributed by atoms with Gasteiger partial charge in [-0.3, -0.25) is 4.79 Å². The number of halogens is 1. The van der Waals surface area contributed by atoms with Crippen LogP contribution in [0.15, 0.2) is 30.5 Å². The number of nitrogens with zero attached hydrogens (tertiary/aromatic N) is 2. The number of imidazole rings is 1. The van der Waals surface area contributed by atoms with Gasteiger partial charge in [-0.2, -0.15) is 0 Å². The number of carbonyl (C=O) groups is 2. The first-order valence-electron chi connectivity index (χ1n) is 10.2. The van der Waals surface area contributed by atoms with E-state index in [2.05, 4.69) is 17.2 Å². The third-order valence-electron chi connectivity index (χ3n) is 5.20. The highest BCUT2D eigenvalue weighted by Crippen LogP contribution is 2.19. The zero-order valence-corrected chi connectivity index (χ0v) is 18.1. The summed E-state index contributed by atoms with van der Waals surface area (Å²) in [5.74, 6) is -0.572. The van der Waals surface area contributed by atoms with Crippen LogP contribution in [0.1, 0.15) is 57.1 Å². The van der Waals surface area contributed by atoms with Gasteiger partial charge in [0, 0.05) is 23.3 Å². The lowest BCUT2D eigenvalue weighted by Crippen LogP contribution is -2.45. The molecule has 7 heteroatoms. The Labute approximate surface area is 177 Å². The molecule has 0 radical (unpaired) electrons. The van der Waals surface area contributed by atoms with E-state index in [1.807, 2.05) is 42.7 Å². The number of carbonyl (C=O) groups excluding carboxylic acids is 1. The highest BCUT2D eigenvalue weighted by molar-refractivity contribution is 6.31. The maximum Gasteiger partial charge on any atom is 0.326 e. The Balaban J connectivity index is 2.23. The fourth-order valence-corrected chi connectivity index (χ4v) is 3.39. The molecule has 2 atom stereocenters. The number of carboxylic acids is 1. The summed E-state index contributed by atoms with van der Waals surface area (Å²) in [4.78, 5) is 28.6. The van der Waals surface area contributed by atoms with E-state index in [9.17, 15) is 14.7 Å². The molecule has 0 saturated carbocycles. The van der Waals surface area contributed by atoms with E-state index < -0.39 is 12.0 Å². The molecule has 6 nitrogen and oxygen atoms in total. The normalized spacial score (nSPS) is 13.1. The summed E-state index contributed by atoms with van der Waals surface area (Å²) >= 11 is 6.33. The first kappa shape index (κ1) is 22.9. The van der Waals surface area contributed by atoms with Gasteiger partial charge in [0.1, 0.15) is 11.9 Å². The molecule has 1 amide bonds. The van der Waals surface area contributed by atoms with Crippen LogP contribution in [0.25, 0.3) is 0 Å². The average molecular weight is 420 g/mol. The van der Waals surface area contributed by atoms with Crippen LogP contribution in [0.4, 0.5) is 0 Å². The number of benzene rings is 1. The number of carboxylic acid groups (broad SMARTS) is 1. The summed E-state index contributed by atoms with van der Waals surface area (Å²) < 4.78 is 2.02. The van der Waals surface area contributed by atoms with Gasteiger partial charge >= 0.3 is 5.97 Å². The predicted molar refractivity (Wildman–Crippen MR) is 114 cm³/mol. The number of nitrogens with one attached hydrogen (secondary N) is 1. The molecule has 2 aromatic rings. The minimum Gasteiger partial charge on any atom is -0.480 e. The third-order valence-corrected chi connectivity index (χ3v) is 5.57. The second-order valence-corrected chi connectivity index (χ2v) is 7.80. The number of aliphatic carboxylic acids is 1. The number of aryl methyl sites for hydroxylation is 1. The first-order valence-corrected chi connectivity index (χ1v) is 10.5. The molecule has 0 aliphatic heterocycles. The van der Waals surface area contributed by atoms with Crippen molar-refractivity contribution >= 4 is 23.5 Å². The van der Waals surface area contributed by atoms with Crippen LogP contribution < -0.4 is 5.32 Å². The van der Waals surface area contributed by atoms with Crippen molar-refractivity contribution in [1.29, 1.82) is 0 Å². The van der Waals surface area contributed by atoms with Crippen molar-refractivity contribution in [2.24, 2.45) is 5.92 Å². The second-order valence-electron chi connectivity index (χ2n) is 7.39. The minimum absolute atomic E-state index is 0.0732. The maximum atomic E-state index is 12.6. The van der Waals surface area contributed by atoms with Gasteiger partial charge in [0.25, 0.3) is 0 Å². The van der Waals surface area contributed by atoms with E-state index in [1.165, 1.54) is 0 Å². The van der Waals surface area contributed by atoms with Crippen LogP contribution in [0, 0.1) is 5.92 Å². The van der Waals surface area contributed by atoms with Crippen LogP contribution in [0.2, 0.25) is 5.02 Å². The lowest BCUT2D eigenvalue weighted by atomic mass is 9.99. The molecule has 0 bridgehead atoms. The zero-order valence-electron chi connectivity index (χ0n) is 17.3. The van der Waals surface area contributed by atoms with Crippen LogP contribution >= 0.6 is 11.6 Å². The lowest BCUT2D eigenvalue weighted by Gasteiger charge is -2.20. The van der Waals surface area contributed by atoms with Gasteiger partial charge in [-0.05, 0) is 24.0 Å². The number of amides is 1. The topological polar surface area (TPSA) is 84.2 Å². The van der Waals surface area contributed by atoms with Gasteiger partial charge in [-0.1, -0.05) is 63.4 Å². The van der Waals surface area contributed by atoms with Crippen molar-refractivity contribution in [3.8, 4) is 0 Å². The van der Waals surface area contributed by atoms with E-state index in [0.717, 1.165) is 36.3 Å². The number of unbranched alkanes of at least 4 members (excludes halogenated alkanes) is 1. The molecule has 0 fully saturated rings. The Hall–Kier alpha value is -2.34. The highest BCUT2D eigenvalue weighted by Gasteiger charge is 2.26. The zero-order chi connectivity index (χ0) is 21.4. The van der Waals surface area contributed by atoms with Crippen molar-refractivity contribution in [2.45, 2.75) is 65.5 Å². The summed E-state index contributed by atoms with van der Waals surface area (Å²) in [6, 6.07) is 6.72. The largest absolute Gasteiger partial charge is 0.480 e. The van der Waals surface area contributed by atoms with Gasteiger partial charge < -0.3 is 15.0 Å². The Bertz CT molecular complexity index is 834. The van der Waals surface area contributed by atoms with Gasteiger partial charge in [0.05, 0.1) is 13.0 Å². The average Bonchev–Trinajstić information content (AvgIpc) is 3.06. The fourth-order valence-electron chi connectivity index (χ4n) is 3.19. The van der Waals surface area contributed by atoms with Crippen LogP contribution in [0.5, 0.6) is 0 Å². The van der Waals surface area contributed by atoms with E-state index >= 15 is 0 Å². The van der Waals surface area contributed by atoms with Crippen molar-refractivity contribution in [3.05, 3.63) is 52.6 Å². The number of aromatic nitrogens is 2. The molecule has 0 saturated heterocycles. The molecule has 0 spiro atoms. The van der Waals surface area contributed by atoms with Gasteiger partial charge in [0.2, 0.25) is 5.91 Å². The predicted octanol–water partition coefficient (Wildman–Crippen LogP) is 4.09. The molecule has 1 unspecified atom stereocenters. The SMILES string of the molecule is CCCCc1ncc(CC(=O)N[C@H](C(=O)O)C(C)CC)n1Cc1ccccc1Cl. The molecule has 1 aromatic heterocycles. The summed E-state index contributed by atoms with van der Waals surface area (Å²) in [7, 11) is 0. The Morgan fingerprint density at radius 2 is 2.00 bits per heavy atom. The lowest BCUT2D eigenvalue weighted by molar-refractivity contribution is -0.143. The van der Waals surface area contributed by atoms with Crippen LogP contribution in [-0.4, -0.2) is 32.6 Å². The molecule has 1 aromatic carbocycles. The molecule has 158 valence electrons. The first-order chi connectivity index (χ1) is 13.9. The second kappa shape index (κ2) is 11.0. The van der Waals surface area contributed by atoms with Crippen molar-refractivity contribution in [1.82, 2.24) is 14.9 Å². The van der Waals surface area contributed by atoms with Crippen molar-refractivity contribution in [3.63, 3.8) is 0 Å². The Morgan fingerprint density at radius 3 is 2.62 bits per heavy atom. The highest BCUT2D eigenvalue weighted by atomic mass is 35.5. The van der Waals surface area contributed by atoms with Crippen LogP contribution in [0.3, 0.4) is 0 Å². The molecular formula is C22H30ClN3O3. The third kappa shape index (κ3) is 6.32. The maximum absolute atomic E-state index is 12.6. The molecule has 1 heterocycles. The summed E-state index contributed by atoms with van der Waals surface area (Å²) in [5.41, 5.74) is 1.71. The molecular weight excluding hydrogens is 390 g/mol. The van der Waals surface area contributed by atoms with Gasteiger partial charge in [-0.15, -0.1) is 0 Å². The quantitative estimate of drug-likeness (QED) is 0.574. The van der Waals surface area contributed by atoms with Gasteiger partial charge in [-0.25, -0.2) is 9.78 Å². The monoisotopic (exact) mass is 419 g/mol. The summed E-state index contributed by atoms with van der Waals surface area (Å²) in [6.07, 6.45) is 5.31. The summed E-state index contributed by atoms with van der Waals surface area (Å²) in [6.45, 7) is 6.38. The molecule has 2 N–H and O–H groups in total. The number of rotatable bonds is 11. The molecule has 0 aliphatic rings. The smallest absolute Gasteiger partial charge is 0.326 e. The number of hydrogen-bond acceptors (Lipinski definition) is 3. The Morgan fingerprint density at radius 1 is 1.28 bits per heavy atom. The molecule has 29 heavy (non-hydrogen) atoms. The van der Waals surface area contributed by atoms with Crippen molar-refractivity contribution in [2.75, 3.05) is 0 Å². The van der Waals surface area contributed by atoms with E-state index in [4.69, 9.17) is 11.6 Å². The summed E-state index contributed by atoms with van der Waals surface area (Å²) in [5, 5.41) is 12.8. The molecule has 0 aliphatic carbocycles. The van der Waals surface area contributed by atoms with E-state index in [0.29, 0.717) is 18.0 Å². The van der Waals surface area contributed by atoms with Crippen LogP contribution in [-0.2, 0) is 29.0 Å². The van der Waals surface area contributed by atoms with Gasteiger partial charge in [0.15, 0.2) is 0 Å². The van der Waals surface area contributed by atoms with E-state index in [-0.39, 0.29) is 18.2 Å².